The first-order valence-electron chi connectivity index (χ1n) is 8.33. The lowest BCUT2D eigenvalue weighted by molar-refractivity contribution is 0.0638. The van der Waals surface area contributed by atoms with Crippen molar-refractivity contribution in [2.75, 3.05) is 26.3 Å². The summed E-state index contributed by atoms with van der Waals surface area (Å²) in [5, 5.41) is 13.7. The van der Waals surface area contributed by atoms with Crippen LogP contribution in [-0.2, 0) is 17.8 Å². The lowest BCUT2D eigenvalue weighted by Gasteiger charge is -2.23. The molecule has 0 amide bonds. The highest BCUT2D eigenvalue weighted by Gasteiger charge is 2.19. The van der Waals surface area contributed by atoms with E-state index in [2.05, 4.69) is 28.3 Å². The predicted octanol–water partition coefficient (Wildman–Crippen LogP) is 1.90. The van der Waals surface area contributed by atoms with Gasteiger partial charge in [0, 0.05) is 38.0 Å². The molecule has 1 aromatic carbocycles. The van der Waals surface area contributed by atoms with Gasteiger partial charge in [0.15, 0.2) is 0 Å². The van der Waals surface area contributed by atoms with Gasteiger partial charge in [0.05, 0.1) is 25.5 Å². The number of benzene rings is 1. The Balaban J connectivity index is 1.57. The van der Waals surface area contributed by atoms with Crippen LogP contribution in [0.15, 0.2) is 42.7 Å². The topological polar surface area (TPSA) is 50.5 Å². The summed E-state index contributed by atoms with van der Waals surface area (Å²) in [6, 6.07) is 10.3. The number of ether oxygens (including phenoxy) is 1. The second-order valence-electron chi connectivity index (χ2n) is 6.13. The van der Waals surface area contributed by atoms with E-state index < -0.39 is 0 Å². The van der Waals surface area contributed by atoms with Crippen molar-refractivity contribution in [3.05, 3.63) is 53.9 Å². The SMILES string of the molecule is OCCN(Cc1cnn(Cc2ccccc2)c1)CC1CCCO1. The number of nitrogens with zero attached hydrogens (tertiary/aromatic N) is 3. The number of hydrogen-bond donors (Lipinski definition) is 1. The van der Waals surface area contributed by atoms with Crippen LogP contribution in [0.2, 0.25) is 0 Å². The molecule has 2 heterocycles. The van der Waals surface area contributed by atoms with E-state index in [1.165, 1.54) is 11.1 Å². The molecular weight excluding hydrogens is 290 g/mol. The van der Waals surface area contributed by atoms with E-state index in [4.69, 9.17) is 4.74 Å². The third-order valence-corrected chi connectivity index (χ3v) is 4.18. The Morgan fingerprint density at radius 2 is 2.13 bits per heavy atom. The third-order valence-electron chi connectivity index (χ3n) is 4.18. The zero-order valence-corrected chi connectivity index (χ0v) is 13.5. The lowest BCUT2D eigenvalue weighted by atomic mass is 10.2. The van der Waals surface area contributed by atoms with Crippen LogP contribution in [0.25, 0.3) is 0 Å². The van der Waals surface area contributed by atoms with Gasteiger partial charge in [-0.1, -0.05) is 30.3 Å². The molecule has 1 atom stereocenters. The predicted molar refractivity (Wildman–Crippen MR) is 89.1 cm³/mol. The Morgan fingerprint density at radius 1 is 1.26 bits per heavy atom. The number of aromatic nitrogens is 2. The van der Waals surface area contributed by atoms with Gasteiger partial charge >= 0.3 is 0 Å². The summed E-state index contributed by atoms with van der Waals surface area (Å²) >= 11 is 0. The minimum atomic E-state index is 0.172. The largest absolute Gasteiger partial charge is 0.395 e. The van der Waals surface area contributed by atoms with Crippen LogP contribution in [0, 0.1) is 0 Å². The maximum absolute atomic E-state index is 9.29. The zero-order chi connectivity index (χ0) is 15.9. The van der Waals surface area contributed by atoms with Crippen LogP contribution in [0.3, 0.4) is 0 Å². The van der Waals surface area contributed by atoms with Gasteiger partial charge in [-0.25, -0.2) is 0 Å². The van der Waals surface area contributed by atoms with Gasteiger partial charge in [-0.05, 0) is 18.4 Å². The van der Waals surface area contributed by atoms with Gasteiger partial charge in [-0.3, -0.25) is 9.58 Å². The summed E-state index contributed by atoms with van der Waals surface area (Å²) in [4.78, 5) is 2.25. The van der Waals surface area contributed by atoms with Crippen LogP contribution in [-0.4, -0.2) is 52.2 Å². The number of aliphatic hydroxyl groups is 1. The lowest BCUT2D eigenvalue weighted by Crippen LogP contribution is -2.33. The second-order valence-corrected chi connectivity index (χ2v) is 6.13. The van der Waals surface area contributed by atoms with Crippen molar-refractivity contribution in [2.45, 2.75) is 32.0 Å². The smallest absolute Gasteiger partial charge is 0.0702 e. The van der Waals surface area contributed by atoms with E-state index >= 15 is 0 Å². The third kappa shape index (κ3) is 4.89. The molecular formula is C18H25N3O2. The van der Waals surface area contributed by atoms with Crippen molar-refractivity contribution in [1.82, 2.24) is 14.7 Å². The van der Waals surface area contributed by atoms with Crippen molar-refractivity contribution in [3.63, 3.8) is 0 Å². The summed E-state index contributed by atoms with van der Waals surface area (Å²) in [7, 11) is 0. The Morgan fingerprint density at radius 3 is 2.87 bits per heavy atom. The van der Waals surface area contributed by atoms with Gasteiger partial charge in [-0.2, -0.15) is 5.10 Å². The molecule has 1 saturated heterocycles. The minimum Gasteiger partial charge on any atom is -0.395 e. The number of rotatable bonds is 8. The summed E-state index contributed by atoms with van der Waals surface area (Å²) < 4.78 is 7.67. The first kappa shape index (κ1) is 16.2. The molecule has 1 aliphatic heterocycles. The quantitative estimate of drug-likeness (QED) is 0.808. The van der Waals surface area contributed by atoms with Gasteiger partial charge < -0.3 is 9.84 Å². The first-order chi connectivity index (χ1) is 11.3. The highest BCUT2D eigenvalue weighted by atomic mass is 16.5. The summed E-state index contributed by atoms with van der Waals surface area (Å²) in [6.45, 7) is 4.17. The fourth-order valence-electron chi connectivity index (χ4n) is 3.06. The Kier molecular flexibility index (Phi) is 5.80. The summed E-state index contributed by atoms with van der Waals surface area (Å²) in [6.07, 6.45) is 6.58. The first-order valence-corrected chi connectivity index (χ1v) is 8.33. The second kappa shape index (κ2) is 8.24. The van der Waals surface area contributed by atoms with Gasteiger partial charge in [0.1, 0.15) is 0 Å². The molecule has 124 valence electrons. The van der Waals surface area contributed by atoms with Crippen molar-refractivity contribution < 1.29 is 9.84 Å². The molecule has 1 aromatic heterocycles. The van der Waals surface area contributed by atoms with Crippen LogP contribution in [0.4, 0.5) is 0 Å². The average Bonchev–Trinajstić information content (AvgIpc) is 3.21. The number of hydrogen-bond acceptors (Lipinski definition) is 4. The molecule has 2 aromatic rings. The maximum atomic E-state index is 9.29. The van der Waals surface area contributed by atoms with E-state index in [1.807, 2.05) is 29.1 Å². The van der Waals surface area contributed by atoms with Crippen molar-refractivity contribution in [3.8, 4) is 0 Å². The minimum absolute atomic E-state index is 0.172. The van der Waals surface area contributed by atoms with E-state index in [9.17, 15) is 5.11 Å². The van der Waals surface area contributed by atoms with E-state index in [0.717, 1.165) is 39.1 Å². The summed E-state index contributed by atoms with van der Waals surface area (Å²) in [5.41, 5.74) is 2.42. The molecule has 1 unspecified atom stereocenters. The van der Waals surface area contributed by atoms with E-state index in [1.54, 1.807) is 0 Å². The molecule has 0 radical (unpaired) electrons. The monoisotopic (exact) mass is 315 g/mol. The van der Waals surface area contributed by atoms with Crippen LogP contribution in [0.5, 0.6) is 0 Å². The Bertz CT molecular complexity index is 579. The van der Waals surface area contributed by atoms with Crippen molar-refractivity contribution >= 4 is 0 Å². The van der Waals surface area contributed by atoms with Crippen molar-refractivity contribution in [2.24, 2.45) is 0 Å². The molecule has 0 spiro atoms. The molecule has 1 fully saturated rings. The molecule has 3 rings (SSSR count). The normalized spacial score (nSPS) is 17.9. The average molecular weight is 315 g/mol. The van der Waals surface area contributed by atoms with E-state index in [0.29, 0.717) is 12.6 Å². The maximum Gasteiger partial charge on any atom is 0.0702 e. The van der Waals surface area contributed by atoms with Crippen LogP contribution < -0.4 is 0 Å². The standard InChI is InChI=1S/C18H25N3O2/c22-9-8-20(15-18-7-4-10-23-18)12-17-11-19-21(14-17)13-16-5-2-1-3-6-16/h1-3,5-6,11,14,18,22H,4,7-10,12-13,15H2. The molecule has 0 aliphatic carbocycles. The van der Waals surface area contributed by atoms with Crippen molar-refractivity contribution in [1.29, 1.82) is 0 Å². The molecule has 0 bridgehead atoms. The highest BCUT2D eigenvalue weighted by molar-refractivity contribution is 5.15. The van der Waals surface area contributed by atoms with Gasteiger partial charge in [0.25, 0.3) is 0 Å². The molecule has 5 heteroatoms. The molecule has 23 heavy (non-hydrogen) atoms. The molecule has 1 N–H and O–H groups in total. The number of aliphatic hydroxyl groups excluding tert-OH is 1. The molecule has 1 aliphatic rings. The Hall–Kier alpha value is -1.69. The van der Waals surface area contributed by atoms with Gasteiger partial charge in [0.2, 0.25) is 0 Å². The van der Waals surface area contributed by atoms with Crippen LogP contribution in [0.1, 0.15) is 24.0 Å². The fraction of sp³-hybridized carbons (Fsp3) is 0.500. The zero-order valence-electron chi connectivity index (χ0n) is 13.5. The Labute approximate surface area is 137 Å². The fourth-order valence-corrected chi connectivity index (χ4v) is 3.06. The van der Waals surface area contributed by atoms with Gasteiger partial charge in [-0.15, -0.1) is 0 Å². The summed E-state index contributed by atoms with van der Waals surface area (Å²) in [5.74, 6) is 0. The van der Waals surface area contributed by atoms with Crippen LogP contribution >= 0.6 is 0 Å². The molecule has 5 nitrogen and oxygen atoms in total. The highest BCUT2D eigenvalue weighted by Crippen LogP contribution is 2.15. The molecule has 0 saturated carbocycles. The van der Waals surface area contributed by atoms with E-state index in [-0.39, 0.29) is 6.61 Å².